The average Bonchev–Trinajstić information content (AvgIpc) is 3.05. The van der Waals surface area contributed by atoms with Gasteiger partial charge in [-0.3, -0.25) is 25.2 Å². The molecule has 1 aromatic heterocycles. The van der Waals surface area contributed by atoms with Crippen molar-refractivity contribution in [1.82, 2.24) is 10.9 Å². The van der Waals surface area contributed by atoms with Crippen LogP contribution in [0.2, 0.25) is 10.0 Å². The lowest BCUT2D eigenvalue weighted by Gasteiger charge is -2.11. The van der Waals surface area contributed by atoms with Crippen molar-refractivity contribution in [3.05, 3.63) is 81.2 Å². The summed E-state index contributed by atoms with van der Waals surface area (Å²) in [5.41, 5.74) is 5.13. The Hall–Kier alpha value is -3.01. The van der Waals surface area contributed by atoms with E-state index in [0.29, 0.717) is 17.1 Å². The summed E-state index contributed by atoms with van der Waals surface area (Å²) in [5.74, 6) is -0.195. The molecule has 0 bridgehead atoms. The molecule has 2 amide bonds. The van der Waals surface area contributed by atoms with Crippen molar-refractivity contribution in [3.8, 4) is 0 Å². The van der Waals surface area contributed by atoms with Crippen LogP contribution in [-0.2, 0) is 10.0 Å². The highest BCUT2D eigenvalue weighted by Crippen LogP contribution is 2.26. The second kappa shape index (κ2) is 9.01. The van der Waals surface area contributed by atoms with Crippen LogP contribution in [0, 0.1) is 13.8 Å². The van der Waals surface area contributed by atoms with Crippen molar-refractivity contribution in [2.45, 2.75) is 18.7 Å². The van der Waals surface area contributed by atoms with Crippen LogP contribution in [0.25, 0.3) is 0 Å². The summed E-state index contributed by atoms with van der Waals surface area (Å²) < 4.78 is 32.8. The molecule has 0 atom stereocenters. The van der Waals surface area contributed by atoms with Crippen LogP contribution in [-0.4, -0.2) is 20.2 Å². The van der Waals surface area contributed by atoms with Crippen LogP contribution < -0.4 is 15.6 Å². The SMILES string of the molecule is Cc1cc(C(=O)NNC(=O)c2cccc(NS(=O)(=O)c3ccc(Cl)c(Cl)c3)c2)c(C)o1. The first-order chi connectivity index (χ1) is 14.6. The number of hydrogen-bond acceptors (Lipinski definition) is 5. The fourth-order valence-electron chi connectivity index (χ4n) is 2.69. The van der Waals surface area contributed by atoms with Gasteiger partial charge in [0.05, 0.1) is 20.5 Å². The Kier molecular flexibility index (Phi) is 6.59. The van der Waals surface area contributed by atoms with Crippen LogP contribution in [0.4, 0.5) is 5.69 Å². The molecular weight excluding hydrogens is 465 g/mol. The smallest absolute Gasteiger partial charge is 0.273 e. The number of amides is 2. The Balaban J connectivity index is 1.70. The second-order valence-corrected chi connectivity index (χ2v) is 8.99. The van der Waals surface area contributed by atoms with Gasteiger partial charge in [0, 0.05) is 11.3 Å². The molecule has 0 radical (unpaired) electrons. The van der Waals surface area contributed by atoms with Gasteiger partial charge < -0.3 is 4.42 Å². The molecule has 2 aromatic carbocycles. The number of hydrogen-bond donors (Lipinski definition) is 3. The van der Waals surface area contributed by atoms with Crippen molar-refractivity contribution in [2.75, 3.05) is 4.72 Å². The molecule has 0 unspecified atom stereocenters. The fourth-order valence-corrected chi connectivity index (χ4v) is 4.13. The highest BCUT2D eigenvalue weighted by Gasteiger charge is 2.18. The lowest BCUT2D eigenvalue weighted by molar-refractivity contribution is 0.0845. The van der Waals surface area contributed by atoms with E-state index in [1.807, 2.05) is 0 Å². The van der Waals surface area contributed by atoms with Crippen molar-refractivity contribution in [2.24, 2.45) is 0 Å². The minimum absolute atomic E-state index is 0.0882. The maximum atomic E-state index is 12.6. The number of furan rings is 1. The number of halogens is 2. The van der Waals surface area contributed by atoms with Gasteiger partial charge in [0.25, 0.3) is 21.8 Å². The van der Waals surface area contributed by atoms with Gasteiger partial charge in [-0.15, -0.1) is 0 Å². The first-order valence-electron chi connectivity index (χ1n) is 8.82. The van der Waals surface area contributed by atoms with Gasteiger partial charge in [-0.2, -0.15) is 0 Å². The molecule has 0 spiro atoms. The highest BCUT2D eigenvalue weighted by molar-refractivity contribution is 7.92. The summed E-state index contributed by atoms with van der Waals surface area (Å²) in [6.45, 7) is 3.33. The zero-order valence-electron chi connectivity index (χ0n) is 16.3. The maximum Gasteiger partial charge on any atom is 0.273 e. The zero-order chi connectivity index (χ0) is 22.8. The van der Waals surface area contributed by atoms with Gasteiger partial charge in [0.1, 0.15) is 11.5 Å². The lowest BCUT2D eigenvalue weighted by Crippen LogP contribution is -2.41. The third-order valence-corrected chi connectivity index (χ3v) is 6.27. The monoisotopic (exact) mass is 481 g/mol. The normalized spacial score (nSPS) is 11.1. The minimum Gasteiger partial charge on any atom is -0.466 e. The summed E-state index contributed by atoms with van der Waals surface area (Å²) in [7, 11) is -3.96. The molecule has 11 heteroatoms. The van der Waals surface area contributed by atoms with E-state index in [2.05, 4.69) is 15.6 Å². The van der Waals surface area contributed by atoms with Gasteiger partial charge in [-0.1, -0.05) is 29.3 Å². The molecule has 1 heterocycles. The summed E-state index contributed by atoms with van der Waals surface area (Å²) in [5, 5.41) is 0.318. The molecule has 8 nitrogen and oxygen atoms in total. The number of sulfonamides is 1. The predicted molar refractivity (Wildman–Crippen MR) is 117 cm³/mol. The van der Waals surface area contributed by atoms with Crippen molar-refractivity contribution < 1.29 is 22.4 Å². The summed E-state index contributed by atoms with van der Waals surface area (Å²) in [6, 6.07) is 11.2. The molecule has 0 aliphatic rings. The quantitative estimate of drug-likeness (QED) is 0.474. The molecule has 3 N–H and O–H groups in total. The number of carbonyl (C=O) groups is 2. The summed E-state index contributed by atoms with van der Waals surface area (Å²) in [4.78, 5) is 24.5. The van der Waals surface area contributed by atoms with Crippen molar-refractivity contribution >= 4 is 50.7 Å². The van der Waals surface area contributed by atoms with E-state index in [1.165, 1.54) is 42.5 Å². The van der Waals surface area contributed by atoms with Crippen molar-refractivity contribution in [3.63, 3.8) is 0 Å². The van der Waals surface area contributed by atoms with E-state index in [0.717, 1.165) is 0 Å². The van der Waals surface area contributed by atoms with E-state index in [-0.39, 0.29) is 26.2 Å². The minimum atomic E-state index is -3.96. The van der Waals surface area contributed by atoms with Gasteiger partial charge in [-0.05, 0) is 56.3 Å². The summed E-state index contributed by atoms with van der Waals surface area (Å²) >= 11 is 11.7. The third-order valence-electron chi connectivity index (χ3n) is 4.15. The molecule has 0 saturated carbocycles. The molecule has 0 aliphatic carbocycles. The Morgan fingerprint density at radius 3 is 2.26 bits per heavy atom. The predicted octanol–water partition coefficient (Wildman–Crippen LogP) is 4.08. The Bertz CT molecular complexity index is 1270. The molecule has 0 saturated heterocycles. The second-order valence-electron chi connectivity index (χ2n) is 6.50. The fraction of sp³-hybridized carbons (Fsp3) is 0.100. The van der Waals surface area contributed by atoms with Crippen LogP contribution in [0.1, 0.15) is 32.2 Å². The van der Waals surface area contributed by atoms with E-state index in [9.17, 15) is 18.0 Å². The van der Waals surface area contributed by atoms with Crippen LogP contribution >= 0.6 is 23.2 Å². The number of rotatable bonds is 5. The highest BCUT2D eigenvalue weighted by atomic mass is 35.5. The number of hydrazine groups is 1. The topological polar surface area (TPSA) is 118 Å². The zero-order valence-corrected chi connectivity index (χ0v) is 18.7. The summed E-state index contributed by atoms with van der Waals surface area (Å²) in [6.07, 6.45) is 0. The van der Waals surface area contributed by atoms with E-state index in [1.54, 1.807) is 19.9 Å². The number of aryl methyl sites for hydroxylation is 2. The molecule has 0 aliphatic heterocycles. The molecule has 162 valence electrons. The Labute approximate surface area is 188 Å². The van der Waals surface area contributed by atoms with Crippen molar-refractivity contribution in [1.29, 1.82) is 0 Å². The van der Waals surface area contributed by atoms with Gasteiger partial charge >= 0.3 is 0 Å². The third kappa shape index (κ3) is 5.38. The van der Waals surface area contributed by atoms with Crippen LogP contribution in [0.5, 0.6) is 0 Å². The van der Waals surface area contributed by atoms with Gasteiger partial charge in [-0.25, -0.2) is 8.42 Å². The van der Waals surface area contributed by atoms with Gasteiger partial charge in [0.15, 0.2) is 0 Å². The van der Waals surface area contributed by atoms with Crippen LogP contribution in [0.3, 0.4) is 0 Å². The van der Waals surface area contributed by atoms with E-state index in [4.69, 9.17) is 27.6 Å². The number of anilines is 1. The molecule has 0 fully saturated rings. The first kappa shape index (κ1) is 22.7. The van der Waals surface area contributed by atoms with Crippen LogP contribution in [0.15, 0.2) is 57.8 Å². The number of carbonyl (C=O) groups excluding carboxylic acids is 2. The Morgan fingerprint density at radius 2 is 1.61 bits per heavy atom. The largest absolute Gasteiger partial charge is 0.466 e. The molecular formula is C20H17Cl2N3O5S. The number of benzene rings is 2. The molecule has 3 rings (SSSR count). The van der Waals surface area contributed by atoms with Gasteiger partial charge in [0.2, 0.25) is 0 Å². The standard InChI is InChI=1S/C20H17Cl2N3O5S/c1-11-8-16(12(2)30-11)20(27)24-23-19(26)13-4-3-5-14(9-13)25-31(28,29)15-6-7-17(21)18(22)10-15/h3-10,25H,1-2H3,(H,23,26)(H,24,27). The Morgan fingerprint density at radius 1 is 0.903 bits per heavy atom. The average molecular weight is 482 g/mol. The molecule has 3 aromatic rings. The van der Waals surface area contributed by atoms with E-state index < -0.39 is 21.8 Å². The molecule has 31 heavy (non-hydrogen) atoms. The lowest BCUT2D eigenvalue weighted by atomic mass is 10.2. The van der Waals surface area contributed by atoms with E-state index >= 15 is 0 Å². The maximum absolute atomic E-state index is 12.6. The first-order valence-corrected chi connectivity index (χ1v) is 11.1. The number of nitrogens with one attached hydrogen (secondary N) is 3.